The van der Waals surface area contributed by atoms with E-state index in [1.165, 1.54) is 0 Å². The van der Waals surface area contributed by atoms with Gasteiger partial charge in [0.05, 0.1) is 12.3 Å². The lowest BCUT2D eigenvalue weighted by Gasteiger charge is -2.12. The fraction of sp³-hybridized carbons (Fsp3) is 0.533. The van der Waals surface area contributed by atoms with E-state index in [9.17, 15) is 0 Å². The van der Waals surface area contributed by atoms with Gasteiger partial charge >= 0.3 is 0 Å². The van der Waals surface area contributed by atoms with E-state index >= 15 is 0 Å². The monoisotopic (exact) mass is 248 g/mol. The third-order valence-corrected chi connectivity index (χ3v) is 2.94. The van der Waals surface area contributed by atoms with Gasteiger partial charge in [0.25, 0.3) is 0 Å². The molecule has 0 saturated heterocycles. The number of hydrogen-bond acceptors (Lipinski definition) is 3. The summed E-state index contributed by atoms with van der Waals surface area (Å²) in [5.41, 5.74) is 1.08. The topological polar surface area (TPSA) is 34.1 Å². The minimum atomic E-state index is 0.232. The molecule has 1 N–H and O–H groups in total. The van der Waals surface area contributed by atoms with Gasteiger partial charge in [-0.25, -0.2) is 0 Å². The van der Waals surface area contributed by atoms with Crippen LogP contribution in [0.3, 0.4) is 0 Å². The lowest BCUT2D eigenvalue weighted by molar-refractivity contribution is 0.216. The van der Waals surface area contributed by atoms with E-state index in [4.69, 9.17) is 4.74 Å². The Hall–Kier alpha value is -1.35. The van der Waals surface area contributed by atoms with Crippen LogP contribution in [0.1, 0.15) is 39.2 Å². The van der Waals surface area contributed by atoms with Crippen LogP contribution in [0.25, 0.3) is 6.08 Å². The Morgan fingerprint density at radius 1 is 1.39 bits per heavy atom. The van der Waals surface area contributed by atoms with Gasteiger partial charge < -0.3 is 10.1 Å². The summed E-state index contributed by atoms with van der Waals surface area (Å²) in [5, 5.41) is 3.20. The molecule has 1 aromatic heterocycles. The Balaban J connectivity index is 2.59. The van der Waals surface area contributed by atoms with Crippen molar-refractivity contribution in [3.8, 4) is 5.75 Å². The highest BCUT2D eigenvalue weighted by molar-refractivity contribution is 5.49. The van der Waals surface area contributed by atoms with Gasteiger partial charge in [0.15, 0.2) is 0 Å². The molecule has 1 rings (SSSR count). The SMILES string of the molecule is CCC(C)Oc1cncc(/C=C/C[C@H](C)NC)c1. The fourth-order valence-electron chi connectivity index (χ4n) is 1.43. The molecular weight excluding hydrogens is 224 g/mol. The second-order valence-electron chi connectivity index (χ2n) is 4.62. The quantitative estimate of drug-likeness (QED) is 0.804. The van der Waals surface area contributed by atoms with Crippen LogP contribution in [-0.4, -0.2) is 24.2 Å². The first kappa shape index (κ1) is 14.7. The van der Waals surface area contributed by atoms with Gasteiger partial charge in [-0.3, -0.25) is 4.98 Å². The van der Waals surface area contributed by atoms with Gasteiger partial charge in [0.2, 0.25) is 0 Å². The average molecular weight is 248 g/mol. The minimum absolute atomic E-state index is 0.232. The van der Waals surface area contributed by atoms with Crippen molar-refractivity contribution in [1.82, 2.24) is 10.3 Å². The van der Waals surface area contributed by atoms with Crippen LogP contribution in [0.15, 0.2) is 24.5 Å². The predicted molar refractivity (Wildman–Crippen MR) is 76.8 cm³/mol. The normalized spacial score (nSPS) is 14.7. The Morgan fingerprint density at radius 2 is 2.17 bits per heavy atom. The molecule has 3 heteroatoms. The third kappa shape index (κ3) is 5.32. The number of aromatic nitrogens is 1. The summed E-state index contributed by atoms with van der Waals surface area (Å²) in [6.07, 6.45) is 10.1. The van der Waals surface area contributed by atoms with Crippen molar-refractivity contribution in [2.75, 3.05) is 7.05 Å². The molecule has 0 aliphatic heterocycles. The summed E-state index contributed by atoms with van der Waals surface area (Å²) in [7, 11) is 1.97. The summed E-state index contributed by atoms with van der Waals surface area (Å²) in [4.78, 5) is 4.20. The molecule has 1 aromatic rings. The van der Waals surface area contributed by atoms with Crippen LogP contribution in [0, 0.1) is 0 Å². The lowest BCUT2D eigenvalue weighted by atomic mass is 10.2. The van der Waals surface area contributed by atoms with Crippen molar-refractivity contribution < 1.29 is 4.74 Å². The molecule has 0 amide bonds. The molecule has 0 saturated carbocycles. The van der Waals surface area contributed by atoms with Gasteiger partial charge in [-0.1, -0.05) is 19.1 Å². The molecule has 0 aliphatic carbocycles. The van der Waals surface area contributed by atoms with Crippen LogP contribution in [-0.2, 0) is 0 Å². The number of nitrogens with one attached hydrogen (secondary N) is 1. The van der Waals surface area contributed by atoms with E-state index < -0.39 is 0 Å². The highest BCUT2D eigenvalue weighted by atomic mass is 16.5. The van der Waals surface area contributed by atoms with Crippen molar-refractivity contribution in [3.63, 3.8) is 0 Å². The summed E-state index contributed by atoms with van der Waals surface area (Å²) in [6, 6.07) is 2.52. The van der Waals surface area contributed by atoms with E-state index in [-0.39, 0.29) is 6.10 Å². The van der Waals surface area contributed by atoms with Gasteiger partial charge in [0, 0.05) is 12.2 Å². The molecule has 18 heavy (non-hydrogen) atoms. The average Bonchev–Trinajstić information content (AvgIpc) is 2.38. The highest BCUT2D eigenvalue weighted by Gasteiger charge is 2.01. The molecule has 1 heterocycles. The third-order valence-electron chi connectivity index (χ3n) is 2.94. The summed E-state index contributed by atoms with van der Waals surface area (Å²) >= 11 is 0. The summed E-state index contributed by atoms with van der Waals surface area (Å²) in [5.74, 6) is 0.841. The molecule has 1 unspecified atom stereocenters. The van der Waals surface area contributed by atoms with Crippen LogP contribution in [0.5, 0.6) is 5.75 Å². The zero-order chi connectivity index (χ0) is 13.4. The molecule has 2 atom stereocenters. The second-order valence-corrected chi connectivity index (χ2v) is 4.62. The second kappa shape index (κ2) is 7.88. The Bertz CT molecular complexity index is 377. The zero-order valence-corrected chi connectivity index (χ0v) is 11.8. The van der Waals surface area contributed by atoms with E-state index in [1.54, 1.807) is 6.20 Å². The van der Waals surface area contributed by atoms with Crippen molar-refractivity contribution in [3.05, 3.63) is 30.1 Å². The van der Waals surface area contributed by atoms with E-state index in [0.717, 1.165) is 24.2 Å². The first-order chi connectivity index (χ1) is 8.65. The maximum Gasteiger partial charge on any atom is 0.138 e. The minimum Gasteiger partial charge on any atom is -0.489 e. The van der Waals surface area contributed by atoms with Crippen molar-refractivity contribution >= 4 is 6.08 Å². The Morgan fingerprint density at radius 3 is 2.83 bits per heavy atom. The standard InChI is InChI=1S/C15H24N2O/c1-5-13(3)18-15-9-14(10-17-11-15)8-6-7-12(2)16-4/h6,8-13,16H,5,7H2,1-4H3/b8-6+/t12-,13?/m0/s1. The van der Waals surface area contributed by atoms with Crippen LogP contribution >= 0.6 is 0 Å². The van der Waals surface area contributed by atoms with Gasteiger partial charge in [-0.05, 0) is 45.4 Å². The number of hydrogen-bond donors (Lipinski definition) is 1. The molecule has 100 valence electrons. The molecule has 0 spiro atoms. The molecule has 0 radical (unpaired) electrons. The molecular formula is C15H24N2O. The van der Waals surface area contributed by atoms with Crippen LogP contribution in [0.4, 0.5) is 0 Å². The first-order valence-corrected chi connectivity index (χ1v) is 6.61. The van der Waals surface area contributed by atoms with Gasteiger partial charge in [-0.2, -0.15) is 0 Å². The predicted octanol–water partition coefficient (Wildman–Crippen LogP) is 3.27. The summed E-state index contributed by atoms with van der Waals surface area (Å²) in [6.45, 7) is 6.34. The Kier molecular flexibility index (Phi) is 6.44. The largest absolute Gasteiger partial charge is 0.489 e. The lowest BCUT2D eigenvalue weighted by Crippen LogP contribution is -2.19. The summed E-state index contributed by atoms with van der Waals surface area (Å²) < 4.78 is 5.74. The maximum absolute atomic E-state index is 5.74. The van der Waals surface area contributed by atoms with Crippen LogP contribution in [0.2, 0.25) is 0 Å². The number of pyridine rings is 1. The van der Waals surface area contributed by atoms with E-state index in [1.807, 2.05) is 19.3 Å². The van der Waals surface area contributed by atoms with Crippen molar-refractivity contribution in [1.29, 1.82) is 0 Å². The van der Waals surface area contributed by atoms with E-state index in [2.05, 4.69) is 43.2 Å². The van der Waals surface area contributed by atoms with Crippen molar-refractivity contribution in [2.24, 2.45) is 0 Å². The van der Waals surface area contributed by atoms with Gasteiger partial charge in [-0.15, -0.1) is 0 Å². The number of nitrogens with zero attached hydrogens (tertiary/aromatic N) is 1. The van der Waals surface area contributed by atoms with Crippen molar-refractivity contribution in [2.45, 2.75) is 45.8 Å². The van der Waals surface area contributed by atoms with E-state index in [0.29, 0.717) is 6.04 Å². The van der Waals surface area contributed by atoms with Gasteiger partial charge in [0.1, 0.15) is 5.75 Å². The fourth-order valence-corrected chi connectivity index (χ4v) is 1.43. The number of ether oxygens (including phenoxy) is 1. The zero-order valence-electron chi connectivity index (χ0n) is 11.8. The number of rotatable bonds is 7. The smallest absolute Gasteiger partial charge is 0.138 e. The highest BCUT2D eigenvalue weighted by Crippen LogP contribution is 2.15. The molecule has 3 nitrogen and oxygen atoms in total. The maximum atomic E-state index is 5.74. The molecule has 0 aromatic carbocycles. The Labute approximate surface area is 110 Å². The molecule has 0 bridgehead atoms. The molecule has 0 fully saturated rings. The molecule has 0 aliphatic rings. The first-order valence-electron chi connectivity index (χ1n) is 6.61. The van der Waals surface area contributed by atoms with Crippen LogP contribution < -0.4 is 10.1 Å².